The largest absolute Gasteiger partial charge is 0.357 e. The molecule has 2 heterocycles. The first-order valence-corrected chi connectivity index (χ1v) is 9.84. The minimum Gasteiger partial charge on any atom is -0.357 e. The summed E-state index contributed by atoms with van der Waals surface area (Å²) >= 11 is 0. The van der Waals surface area contributed by atoms with Gasteiger partial charge in [-0.25, -0.2) is 0 Å². The fourth-order valence-corrected chi connectivity index (χ4v) is 4.72. The van der Waals surface area contributed by atoms with Gasteiger partial charge < -0.3 is 4.90 Å². The van der Waals surface area contributed by atoms with E-state index in [1.54, 1.807) is 0 Å². The van der Waals surface area contributed by atoms with Crippen LogP contribution >= 0.6 is 0 Å². The van der Waals surface area contributed by atoms with Gasteiger partial charge in [0.2, 0.25) is 0 Å². The van der Waals surface area contributed by atoms with E-state index in [4.69, 9.17) is 0 Å². The summed E-state index contributed by atoms with van der Waals surface area (Å²) in [5, 5.41) is 9.84. The second kappa shape index (κ2) is 7.79. The molecule has 2 nitrogen and oxygen atoms in total. The van der Waals surface area contributed by atoms with Crippen molar-refractivity contribution in [3.63, 3.8) is 0 Å². The molecule has 26 heavy (non-hydrogen) atoms. The molecule has 2 aliphatic heterocycles. The summed E-state index contributed by atoms with van der Waals surface area (Å²) in [6, 6.07) is 24.9. The van der Waals surface area contributed by atoms with Crippen LogP contribution in [0.4, 0.5) is 0 Å². The highest BCUT2D eigenvalue weighted by Crippen LogP contribution is 2.40. The maximum absolute atomic E-state index is 9.84. The van der Waals surface area contributed by atoms with Crippen molar-refractivity contribution in [3.8, 4) is 6.07 Å². The minimum absolute atomic E-state index is 0.375. The van der Waals surface area contributed by atoms with Gasteiger partial charge in [0.05, 0.1) is 0 Å². The van der Waals surface area contributed by atoms with Gasteiger partial charge >= 0.3 is 0 Å². The number of fused-ring (bicyclic) bond motifs is 1. The van der Waals surface area contributed by atoms with Crippen molar-refractivity contribution in [3.05, 3.63) is 83.6 Å². The third kappa shape index (κ3) is 3.53. The minimum atomic E-state index is 0.375. The first kappa shape index (κ1) is 16.9. The SMILES string of the molecule is N#CC1=C[C@H](c2ccccc2)C[C@@H]2CCC[C@@H](CCc3ccccc3)N12. The van der Waals surface area contributed by atoms with Crippen molar-refractivity contribution in [1.82, 2.24) is 4.90 Å². The summed E-state index contributed by atoms with van der Waals surface area (Å²) in [6.45, 7) is 0. The Kier molecular flexibility index (Phi) is 5.07. The number of nitriles is 1. The molecule has 0 radical (unpaired) electrons. The zero-order valence-electron chi connectivity index (χ0n) is 15.2. The van der Waals surface area contributed by atoms with E-state index >= 15 is 0 Å². The molecular weight excluding hydrogens is 316 g/mol. The van der Waals surface area contributed by atoms with Crippen molar-refractivity contribution in [2.75, 3.05) is 0 Å². The molecule has 2 aromatic carbocycles. The van der Waals surface area contributed by atoms with Crippen LogP contribution in [-0.2, 0) is 6.42 Å². The highest BCUT2D eigenvalue weighted by atomic mass is 15.2. The van der Waals surface area contributed by atoms with E-state index in [0.717, 1.165) is 25.0 Å². The molecule has 0 aromatic heterocycles. The molecule has 0 N–H and O–H groups in total. The highest BCUT2D eigenvalue weighted by Gasteiger charge is 2.36. The predicted octanol–water partition coefficient (Wildman–Crippen LogP) is 5.44. The molecule has 2 aromatic rings. The van der Waals surface area contributed by atoms with Crippen LogP contribution in [0.2, 0.25) is 0 Å². The smallest absolute Gasteiger partial charge is 0.117 e. The van der Waals surface area contributed by atoms with Crippen molar-refractivity contribution in [2.45, 2.75) is 56.5 Å². The van der Waals surface area contributed by atoms with E-state index < -0.39 is 0 Å². The summed E-state index contributed by atoms with van der Waals surface area (Å²) < 4.78 is 0. The molecule has 0 unspecified atom stereocenters. The van der Waals surface area contributed by atoms with Gasteiger partial charge in [-0.3, -0.25) is 0 Å². The Morgan fingerprint density at radius 2 is 1.69 bits per heavy atom. The van der Waals surface area contributed by atoms with Crippen LogP contribution in [0.15, 0.2) is 72.4 Å². The topological polar surface area (TPSA) is 27.0 Å². The summed E-state index contributed by atoms with van der Waals surface area (Å²) in [7, 11) is 0. The molecule has 3 atom stereocenters. The van der Waals surface area contributed by atoms with Crippen molar-refractivity contribution in [1.29, 1.82) is 5.26 Å². The Balaban J connectivity index is 1.54. The van der Waals surface area contributed by atoms with Crippen LogP contribution in [0.5, 0.6) is 0 Å². The maximum atomic E-state index is 9.84. The van der Waals surface area contributed by atoms with Gasteiger partial charge in [0.1, 0.15) is 11.8 Å². The van der Waals surface area contributed by atoms with Crippen LogP contribution < -0.4 is 0 Å². The Labute approximate surface area is 156 Å². The van der Waals surface area contributed by atoms with E-state index in [0.29, 0.717) is 18.0 Å². The number of allylic oxidation sites excluding steroid dienone is 2. The molecular formula is C24H26N2. The van der Waals surface area contributed by atoms with Crippen LogP contribution in [-0.4, -0.2) is 17.0 Å². The van der Waals surface area contributed by atoms with Crippen molar-refractivity contribution < 1.29 is 0 Å². The van der Waals surface area contributed by atoms with Gasteiger partial charge in [-0.05, 0) is 55.7 Å². The van der Waals surface area contributed by atoms with E-state index in [1.807, 2.05) is 0 Å². The zero-order chi connectivity index (χ0) is 17.8. The predicted molar refractivity (Wildman–Crippen MR) is 106 cm³/mol. The average Bonchev–Trinajstić information content (AvgIpc) is 2.72. The lowest BCUT2D eigenvalue weighted by molar-refractivity contribution is 0.104. The van der Waals surface area contributed by atoms with Crippen molar-refractivity contribution in [2.24, 2.45) is 0 Å². The third-order valence-electron chi connectivity index (χ3n) is 5.98. The Bertz CT molecular complexity index is 788. The van der Waals surface area contributed by atoms with E-state index in [-0.39, 0.29) is 0 Å². The molecule has 2 heteroatoms. The van der Waals surface area contributed by atoms with Crippen LogP contribution in [0.25, 0.3) is 0 Å². The molecule has 1 fully saturated rings. The average molecular weight is 342 g/mol. The number of hydrogen-bond acceptors (Lipinski definition) is 2. The first-order chi connectivity index (χ1) is 12.8. The lowest BCUT2D eigenvalue weighted by Crippen LogP contribution is -2.48. The van der Waals surface area contributed by atoms with Gasteiger partial charge in [0.25, 0.3) is 0 Å². The van der Waals surface area contributed by atoms with E-state index in [2.05, 4.69) is 77.7 Å². The fraction of sp³-hybridized carbons (Fsp3) is 0.375. The Morgan fingerprint density at radius 1 is 0.962 bits per heavy atom. The van der Waals surface area contributed by atoms with Gasteiger partial charge in [-0.1, -0.05) is 60.7 Å². The fourth-order valence-electron chi connectivity index (χ4n) is 4.72. The second-order valence-corrected chi connectivity index (χ2v) is 7.59. The second-order valence-electron chi connectivity index (χ2n) is 7.59. The number of aryl methyl sites for hydroxylation is 1. The normalized spacial score (nSPS) is 25.1. The number of hydrogen-bond donors (Lipinski definition) is 0. The molecule has 0 saturated carbocycles. The van der Waals surface area contributed by atoms with Gasteiger partial charge in [0, 0.05) is 18.0 Å². The molecule has 0 amide bonds. The molecule has 1 saturated heterocycles. The Morgan fingerprint density at radius 3 is 2.42 bits per heavy atom. The maximum Gasteiger partial charge on any atom is 0.117 e. The number of piperidine rings is 1. The zero-order valence-corrected chi connectivity index (χ0v) is 15.2. The lowest BCUT2D eigenvalue weighted by atomic mass is 9.80. The van der Waals surface area contributed by atoms with E-state index in [1.165, 1.54) is 30.4 Å². The first-order valence-electron chi connectivity index (χ1n) is 9.84. The summed E-state index contributed by atoms with van der Waals surface area (Å²) in [6.07, 6.45) is 9.28. The van der Waals surface area contributed by atoms with Crippen molar-refractivity contribution >= 4 is 0 Å². The van der Waals surface area contributed by atoms with Gasteiger partial charge in [-0.2, -0.15) is 5.26 Å². The molecule has 0 bridgehead atoms. The molecule has 0 aliphatic carbocycles. The summed E-state index contributed by atoms with van der Waals surface area (Å²) in [4.78, 5) is 2.46. The van der Waals surface area contributed by atoms with Crippen LogP contribution in [0.3, 0.4) is 0 Å². The third-order valence-corrected chi connectivity index (χ3v) is 5.98. The molecule has 4 rings (SSSR count). The van der Waals surface area contributed by atoms with Crippen LogP contribution in [0.1, 0.15) is 49.1 Å². The lowest BCUT2D eigenvalue weighted by Gasteiger charge is -2.47. The quantitative estimate of drug-likeness (QED) is 0.740. The number of nitrogens with zero attached hydrogens (tertiary/aromatic N) is 2. The monoisotopic (exact) mass is 342 g/mol. The van der Waals surface area contributed by atoms with Gasteiger partial charge in [0.15, 0.2) is 0 Å². The highest BCUT2D eigenvalue weighted by molar-refractivity contribution is 5.34. The number of rotatable bonds is 4. The van der Waals surface area contributed by atoms with E-state index in [9.17, 15) is 5.26 Å². The summed E-state index contributed by atoms with van der Waals surface area (Å²) in [5.41, 5.74) is 3.63. The van der Waals surface area contributed by atoms with Gasteiger partial charge in [-0.15, -0.1) is 0 Å². The van der Waals surface area contributed by atoms with Crippen LogP contribution in [0, 0.1) is 11.3 Å². The molecule has 0 spiro atoms. The number of benzene rings is 2. The molecule has 132 valence electrons. The molecule has 2 aliphatic rings. The Hall–Kier alpha value is -2.53. The summed E-state index contributed by atoms with van der Waals surface area (Å²) in [5.74, 6) is 0.375. The standard InChI is InChI=1S/C24H26N2/c25-18-24-17-21(20-10-5-2-6-11-20)16-23-13-7-12-22(26(23)24)15-14-19-8-3-1-4-9-19/h1-6,8-11,17,21-23H,7,12-16H2/t21-,22+,23+/m1/s1.